The molecular formula is C14H14N2O. The van der Waals surface area contributed by atoms with Gasteiger partial charge in [-0.15, -0.1) is 0 Å². The molecular weight excluding hydrogens is 212 g/mol. The Hall–Kier alpha value is -1.87. The van der Waals surface area contributed by atoms with Crippen molar-refractivity contribution in [1.82, 2.24) is 0 Å². The largest absolute Gasteiger partial charge is 0.382 e. The first-order valence-electron chi connectivity index (χ1n) is 5.78. The molecule has 1 unspecified atom stereocenters. The molecule has 0 saturated heterocycles. The number of carbonyl (C=O) groups is 1. The number of fused-ring (bicyclic) bond motifs is 3. The summed E-state index contributed by atoms with van der Waals surface area (Å²) in [6.07, 6.45) is 0.425. The molecule has 3 nitrogen and oxygen atoms in total. The second-order valence-electron chi connectivity index (χ2n) is 4.45. The maximum Gasteiger partial charge on any atom is 0.155 e. The van der Waals surface area contributed by atoms with Crippen LogP contribution in [0.15, 0.2) is 36.4 Å². The molecule has 3 rings (SSSR count). The lowest BCUT2D eigenvalue weighted by molar-refractivity contribution is -0.119. The molecule has 1 aliphatic heterocycles. The molecule has 0 radical (unpaired) electrons. The SMILES string of the molecule is NC1CNc2c(ccc3ccccc23)CC1=O. The number of hydrogen-bond donors (Lipinski definition) is 2. The number of anilines is 1. The van der Waals surface area contributed by atoms with Gasteiger partial charge in [-0.2, -0.15) is 0 Å². The summed E-state index contributed by atoms with van der Waals surface area (Å²) in [6, 6.07) is 11.8. The molecule has 0 spiro atoms. The number of rotatable bonds is 0. The number of ketones is 1. The van der Waals surface area contributed by atoms with Gasteiger partial charge in [-0.1, -0.05) is 36.4 Å². The van der Waals surface area contributed by atoms with Crippen LogP contribution in [0.1, 0.15) is 5.56 Å². The number of benzene rings is 2. The molecule has 17 heavy (non-hydrogen) atoms. The van der Waals surface area contributed by atoms with E-state index in [0.717, 1.165) is 16.6 Å². The maximum absolute atomic E-state index is 11.7. The lowest BCUT2D eigenvalue weighted by Crippen LogP contribution is -2.36. The van der Waals surface area contributed by atoms with Gasteiger partial charge < -0.3 is 11.1 Å². The van der Waals surface area contributed by atoms with Gasteiger partial charge in [0.2, 0.25) is 0 Å². The van der Waals surface area contributed by atoms with Gasteiger partial charge in [-0.25, -0.2) is 0 Å². The van der Waals surface area contributed by atoms with E-state index in [2.05, 4.69) is 23.5 Å². The molecule has 3 heteroatoms. The molecule has 0 fully saturated rings. The molecule has 1 atom stereocenters. The van der Waals surface area contributed by atoms with E-state index in [4.69, 9.17) is 5.73 Å². The van der Waals surface area contributed by atoms with Crippen molar-refractivity contribution in [3.05, 3.63) is 42.0 Å². The Morgan fingerprint density at radius 2 is 2.00 bits per heavy atom. The molecule has 2 aromatic carbocycles. The van der Waals surface area contributed by atoms with Crippen molar-refractivity contribution in [1.29, 1.82) is 0 Å². The highest BCUT2D eigenvalue weighted by Crippen LogP contribution is 2.29. The van der Waals surface area contributed by atoms with E-state index in [-0.39, 0.29) is 5.78 Å². The van der Waals surface area contributed by atoms with Crippen molar-refractivity contribution in [2.45, 2.75) is 12.5 Å². The van der Waals surface area contributed by atoms with Crippen molar-refractivity contribution in [3.8, 4) is 0 Å². The third kappa shape index (κ3) is 1.68. The quantitative estimate of drug-likeness (QED) is 0.719. The first-order valence-corrected chi connectivity index (χ1v) is 5.78. The van der Waals surface area contributed by atoms with Crippen molar-refractivity contribution in [3.63, 3.8) is 0 Å². The molecule has 0 saturated carbocycles. The Bertz CT molecular complexity index is 592. The van der Waals surface area contributed by atoms with Gasteiger partial charge in [0.15, 0.2) is 5.78 Å². The molecule has 86 valence electrons. The lowest BCUT2D eigenvalue weighted by Gasteiger charge is -2.11. The van der Waals surface area contributed by atoms with Crippen molar-refractivity contribution < 1.29 is 4.79 Å². The second kappa shape index (κ2) is 3.86. The first kappa shape index (κ1) is 10.3. The zero-order chi connectivity index (χ0) is 11.8. The standard InChI is InChI=1S/C14H14N2O/c15-12-8-16-14-10(7-13(12)17)6-5-9-3-1-2-4-11(9)14/h1-6,12,16H,7-8,15H2. The van der Waals surface area contributed by atoms with Crippen LogP contribution in [0.3, 0.4) is 0 Å². The van der Waals surface area contributed by atoms with Gasteiger partial charge in [0, 0.05) is 24.0 Å². The van der Waals surface area contributed by atoms with Gasteiger partial charge in [0.25, 0.3) is 0 Å². The molecule has 0 bridgehead atoms. The molecule has 1 aliphatic rings. The smallest absolute Gasteiger partial charge is 0.155 e. The van der Waals surface area contributed by atoms with Crippen LogP contribution in [-0.4, -0.2) is 18.4 Å². The third-order valence-electron chi connectivity index (χ3n) is 3.29. The summed E-state index contributed by atoms with van der Waals surface area (Å²) < 4.78 is 0. The van der Waals surface area contributed by atoms with Gasteiger partial charge in [0.1, 0.15) is 0 Å². The summed E-state index contributed by atoms with van der Waals surface area (Å²) in [4.78, 5) is 11.7. The minimum absolute atomic E-state index is 0.103. The summed E-state index contributed by atoms with van der Waals surface area (Å²) >= 11 is 0. The van der Waals surface area contributed by atoms with Gasteiger partial charge >= 0.3 is 0 Å². The number of nitrogens with two attached hydrogens (primary N) is 1. The number of Topliss-reactive ketones (excluding diaryl/α,β-unsaturated/α-hetero) is 1. The Morgan fingerprint density at radius 3 is 2.88 bits per heavy atom. The van der Waals surface area contributed by atoms with Crippen molar-refractivity contribution >= 4 is 22.2 Å². The van der Waals surface area contributed by atoms with E-state index in [9.17, 15) is 4.79 Å². The monoisotopic (exact) mass is 226 g/mol. The van der Waals surface area contributed by atoms with E-state index in [0.29, 0.717) is 13.0 Å². The maximum atomic E-state index is 11.7. The van der Waals surface area contributed by atoms with Gasteiger partial charge in [-0.05, 0) is 10.9 Å². The van der Waals surface area contributed by atoms with E-state index < -0.39 is 6.04 Å². The van der Waals surface area contributed by atoms with Gasteiger partial charge in [0.05, 0.1) is 6.04 Å². The van der Waals surface area contributed by atoms with Crippen LogP contribution < -0.4 is 11.1 Å². The van der Waals surface area contributed by atoms with Crippen LogP contribution in [0.4, 0.5) is 5.69 Å². The third-order valence-corrected chi connectivity index (χ3v) is 3.29. The summed E-state index contributed by atoms with van der Waals surface area (Å²) in [5.41, 5.74) is 7.89. The van der Waals surface area contributed by atoms with Crippen LogP contribution in [0.5, 0.6) is 0 Å². The van der Waals surface area contributed by atoms with Crippen LogP contribution in [0.2, 0.25) is 0 Å². The fourth-order valence-corrected chi connectivity index (χ4v) is 2.32. The number of nitrogens with one attached hydrogen (secondary N) is 1. The predicted octanol–water partition coefficient (Wildman–Crippen LogP) is 1.70. The second-order valence-corrected chi connectivity index (χ2v) is 4.45. The summed E-state index contributed by atoms with van der Waals surface area (Å²) in [5, 5.41) is 5.64. The molecule has 0 amide bonds. The fourth-order valence-electron chi connectivity index (χ4n) is 2.32. The van der Waals surface area contributed by atoms with Crippen molar-refractivity contribution in [2.75, 3.05) is 11.9 Å². The van der Waals surface area contributed by atoms with Crippen LogP contribution in [0, 0.1) is 0 Å². The minimum atomic E-state index is -0.402. The molecule has 0 aliphatic carbocycles. The minimum Gasteiger partial charge on any atom is -0.382 e. The van der Waals surface area contributed by atoms with E-state index >= 15 is 0 Å². The average molecular weight is 226 g/mol. The molecule has 3 N–H and O–H groups in total. The van der Waals surface area contributed by atoms with Crippen molar-refractivity contribution in [2.24, 2.45) is 5.73 Å². The van der Waals surface area contributed by atoms with E-state index in [1.807, 2.05) is 18.2 Å². The predicted molar refractivity (Wildman–Crippen MR) is 69.1 cm³/mol. The number of hydrogen-bond acceptors (Lipinski definition) is 3. The normalized spacial score (nSPS) is 19.6. The van der Waals surface area contributed by atoms with E-state index in [1.165, 1.54) is 5.39 Å². The highest BCUT2D eigenvalue weighted by atomic mass is 16.1. The van der Waals surface area contributed by atoms with Gasteiger partial charge in [-0.3, -0.25) is 4.79 Å². The molecule has 0 aromatic heterocycles. The highest BCUT2D eigenvalue weighted by Gasteiger charge is 2.21. The molecule has 2 aromatic rings. The average Bonchev–Trinajstić information content (AvgIpc) is 2.50. The Balaban J connectivity index is 2.21. The topological polar surface area (TPSA) is 55.1 Å². The Labute approximate surface area is 99.6 Å². The number of carbonyl (C=O) groups excluding carboxylic acids is 1. The highest BCUT2D eigenvalue weighted by molar-refractivity contribution is 5.99. The summed E-state index contributed by atoms with van der Waals surface area (Å²) in [6.45, 7) is 0.514. The first-order chi connectivity index (χ1) is 8.25. The Kier molecular flexibility index (Phi) is 2.34. The molecule has 1 heterocycles. The van der Waals surface area contributed by atoms with Crippen LogP contribution in [-0.2, 0) is 11.2 Å². The van der Waals surface area contributed by atoms with Crippen LogP contribution >= 0.6 is 0 Å². The fraction of sp³-hybridized carbons (Fsp3) is 0.214. The van der Waals surface area contributed by atoms with E-state index in [1.54, 1.807) is 0 Å². The Morgan fingerprint density at radius 1 is 1.18 bits per heavy atom. The zero-order valence-electron chi connectivity index (χ0n) is 9.44. The summed E-state index contributed by atoms with van der Waals surface area (Å²) in [5.74, 6) is 0.103. The van der Waals surface area contributed by atoms with Crippen LogP contribution in [0.25, 0.3) is 10.8 Å². The summed E-state index contributed by atoms with van der Waals surface area (Å²) in [7, 11) is 0. The lowest BCUT2D eigenvalue weighted by atomic mass is 10.0. The zero-order valence-corrected chi connectivity index (χ0v) is 9.44.